The normalized spacial score (nSPS) is 12.6. The van der Waals surface area contributed by atoms with Gasteiger partial charge in [-0.05, 0) is 17.7 Å². The highest BCUT2D eigenvalue weighted by molar-refractivity contribution is 7.92. The van der Waals surface area contributed by atoms with E-state index in [0.717, 1.165) is 18.2 Å². The van der Waals surface area contributed by atoms with Crippen LogP contribution in [0.5, 0.6) is 11.5 Å². The van der Waals surface area contributed by atoms with Crippen molar-refractivity contribution < 1.29 is 45.8 Å². The van der Waals surface area contributed by atoms with Crippen molar-refractivity contribution in [2.75, 3.05) is 0 Å². The molecule has 0 aliphatic carbocycles. The van der Waals surface area contributed by atoms with Crippen molar-refractivity contribution in [2.45, 2.75) is 20.6 Å². The van der Waals surface area contributed by atoms with Gasteiger partial charge in [0.15, 0.2) is 31.4 Å². The molecule has 13 nitrogen and oxygen atoms in total. The number of thiophene rings is 1. The van der Waals surface area contributed by atoms with Crippen LogP contribution in [0.1, 0.15) is 21.8 Å². The Balaban J connectivity index is 0.00000342. The van der Waals surface area contributed by atoms with Gasteiger partial charge in [0, 0.05) is 10.9 Å². The van der Waals surface area contributed by atoms with E-state index < -0.39 is 75.9 Å². The average Bonchev–Trinajstić information content (AvgIpc) is 3.08. The third-order valence-electron chi connectivity index (χ3n) is 4.59. The maximum absolute atomic E-state index is 14.9. The van der Waals surface area contributed by atoms with Gasteiger partial charge >= 0.3 is 7.60 Å². The van der Waals surface area contributed by atoms with E-state index in [1.54, 1.807) is 4.72 Å². The molecule has 1 heterocycles. The molecule has 202 valence electrons. The Morgan fingerprint density at radius 2 is 1.62 bits per heavy atom. The van der Waals surface area contributed by atoms with Gasteiger partial charge in [0.05, 0.1) is 10.6 Å². The minimum Gasteiger partial charge on any atom is -0.504 e. The van der Waals surface area contributed by atoms with Gasteiger partial charge in [-0.1, -0.05) is 30.3 Å². The number of sulfonamides is 1. The van der Waals surface area contributed by atoms with Crippen molar-refractivity contribution in [3.8, 4) is 17.6 Å². The molecule has 2 aromatic carbocycles. The highest BCUT2D eigenvalue weighted by Gasteiger charge is 2.38. The van der Waals surface area contributed by atoms with Gasteiger partial charge in [-0.3, -0.25) is 4.57 Å². The van der Waals surface area contributed by atoms with E-state index in [1.807, 2.05) is 0 Å². The predicted molar refractivity (Wildman–Crippen MR) is 131 cm³/mol. The van der Waals surface area contributed by atoms with E-state index >= 15 is 0 Å². The molecular formula is C19H22FN4O9PS3. The Morgan fingerprint density at radius 3 is 2.14 bits per heavy atom. The van der Waals surface area contributed by atoms with Gasteiger partial charge in [-0.25, -0.2) is 21.2 Å². The van der Waals surface area contributed by atoms with Crippen molar-refractivity contribution in [3.63, 3.8) is 0 Å². The van der Waals surface area contributed by atoms with Gasteiger partial charge in [0.1, 0.15) is 17.4 Å². The lowest BCUT2D eigenvalue weighted by molar-refractivity contribution is 0.355. The number of rotatable bonds is 8. The quantitative estimate of drug-likeness (QED) is 0.146. The van der Waals surface area contributed by atoms with Crippen LogP contribution in [-0.4, -0.2) is 36.8 Å². The number of phenolic OH excluding ortho intramolecular Hbond substituents is 2. The first-order chi connectivity index (χ1) is 16.2. The van der Waals surface area contributed by atoms with Crippen molar-refractivity contribution in [2.24, 2.45) is 0 Å². The van der Waals surface area contributed by atoms with E-state index in [-0.39, 0.29) is 29.2 Å². The number of phenols is 2. The number of hydrogen-bond donors (Lipinski definition) is 7. The lowest BCUT2D eigenvalue weighted by atomic mass is 10.2. The number of halogens is 1. The van der Waals surface area contributed by atoms with Gasteiger partial charge < -0.3 is 32.3 Å². The Bertz CT molecular complexity index is 1580. The highest BCUT2D eigenvalue weighted by Crippen LogP contribution is 2.51. The number of sulfone groups is 1. The van der Waals surface area contributed by atoms with Gasteiger partial charge in [-0.15, -0.1) is 11.3 Å². The van der Waals surface area contributed by atoms with E-state index in [4.69, 9.17) is 0 Å². The standard InChI is InChI=1S/C19H16FN2O9PS3.2H3N/c20-17-13(9-21)16(10-34(28,29)12-6-7-14(23)15(24)8-12)33-19(17)35(30,31)22-18(32(25,26)27)11-4-2-1-3-5-11;;/h1-8,18,22-24H,10H2,(H2,25,26,27);2*1H3. The summed E-state index contributed by atoms with van der Waals surface area (Å²) in [6.45, 7) is 0. The predicted octanol–water partition coefficient (Wildman–Crippen LogP) is 2.62. The summed E-state index contributed by atoms with van der Waals surface area (Å²) in [5.41, 5.74) is -0.994. The number of hydrogen-bond acceptors (Lipinski definition) is 11. The maximum Gasteiger partial charge on any atom is 0.347 e. The molecule has 0 aliphatic heterocycles. The largest absolute Gasteiger partial charge is 0.504 e. The number of nitrogens with one attached hydrogen (secondary N) is 1. The molecule has 1 aromatic heterocycles. The zero-order valence-electron chi connectivity index (χ0n) is 18.6. The van der Waals surface area contributed by atoms with Crippen LogP contribution in [0.15, 0.2) is 57.6 Å². The van der Waals surface area contributed by atoms with E-state index in [0.29, 0.717) is 0 Å². The first-order valence-electron chi connectivity index (χ1n) is 9.26. The van der Waals surface area contributed by atoms with Crippen molar-refractivity contribution in [3.05, 3.63) is 70.4 Å². The second kappa shape index (κ2) is 11.6. The van der Waals surface area contributed by atoms with E-state index in [1.165, 1.54) is 36.4 Å². The first kappa shape index (κ1) is 32.1. The summed E-state index contributed by atoms with van der Waals surface area (Å²) >= 11 is 0.102. The molecule has 0 fully saturated rings. The number of aromatic hydroxyl groups is 2. The van der Waals surface area contributed by atoms with Crippen LogP contribution in [-0.2, 0) is 30.2 Å². The van der Waals surface area contributed by atoms with Crippen LogP contribution >= 0.6 is 18.9 Å². The SMILES string of the molecule is N.N.N#Cc1c(CS(=O)(=O)c2ccc(O)c(O)c2)sc(S(=O)(=O)NC(c2ccccc2)P(=O)(O)O)c1F. The maximum atomic E-state index is 14.9. The van der Waals surface area contributed by atoms with Crippen molar-refractivity contribution in [1.29, 1.82) is 5.26 Å². The molecule has 0 aliphatic rings. The van der Waals surface area contributed by atoms with Crippen LogP contribution in [0.2, 0.25) is 0 Å². The highest BCUT2D eigenvalue weighted by atomic mass is 32.2. The molecular weight excluding hydrogens is 574 g/mol. The summed E-state index contributed by atoms with van der Waals surface area (Å²) in [5, 5.41) is 28.2. The van der Waals surface area contributed by atoms with E-state index in [9.17, 15) is 51.1 Å². The van der Waals surface area contributed by atoms with Crippen molar-refractivity contribution >= 4 is 38.8 Å². The van der Waals surface area contributed by atoms with Crippen LogP contribution in [0.3, 0.4) is 0 Å². The number of benzene rings is 2. The lowest BCUT2D eigenvalue weighted by Gasteiger charge is -2.19. The summed E-state index contributed by atoms with van der Waals surface area (Å²) in [5.74, 6) is -6.03. The number of nitrogens with zero attached hydrogens (tertiary/aromatic N) is 1. The fraction of sp³-hybridized carbons (Fsp3) is 0.105. The smallest absolute Gasteiger partial charge is 0.347 e. The van der Waals surface area contributed by atoms with Gasteiger partial charge in [0.25, 0.3) is 10.0 Å². The molecule has 3 aromatic rings. The Kier molecular flexibility index (Phi) is 10.1. The van der Waals surface area contributed by atoms with Crippen LogP contribution in [0.4, 0.5) is 4.39 Å². The molecule has 0 saturated heterocycles. The second-order valence-electron chi connectivity index (χ2n) is 7.05. The minimum atomic E-state index is -5.14. The molecule has 37 heavy (non-hydrogen) atoms. The van der Waals surface area contributed by atoms with Crippen LogP contribution < -0.4 is 17.0 Å². The molecule has 3 rings (SSSR count). The molecule has 18 heteroatoms. The third-order valence-corrected chi connectivity index (χ3v) is 10.8. The first-order valence-corrected chi connectivity index (χ1v) is 14.9. The van der Waals surface area contributed by atoms with Crippen LogP contribution in [0, 0.1) is 17.1 Å². The Morgan fingerprint density at radius 1 is 1.03 bits per heavy atom. The second-order valence-corrected chi connectivity index (χ2v) is 13.7. The average molecular weight is 597 g/mol. The zero-order chi connectivity index (χ0) is 26.2. The van der Waals surface area contributed by atoms with Crippen LogP contribution in [0.25, 0.3) is 0 Å². The molecule has 0 bridgehead atoms. The Hall–Kier alpha value is -2.91. The summed E-state index contributed by atoms with van der Waals surface area (Å²) in [6.07, 6.45) is 0. The summed E-state index contributed by atoms with van der Waals surface area (Å²) in [7, 11) is -14.5. The van der Waals surface area contributed by atoms with Gasteiger partial charge in [0.2, 0.25) is 0 Å². The molecule has 0 amide bonds. The molecule has 1 atom stereocenters. The topological polar surface area (TPSA) is 272 Å². The zero-order valence-corrected chi connectivity index (χ0v) is 22.0. The molecule has 0 saturated carbocycles. The fourth-order valence-electron chi connectivity index (χ4n) is 2.94. The summed E-state index contributed by atoms with van der Waals surface area (Å²) in [6, 6.07) is 10.8. The summed E-state index contributed by atoms with van der Waals surface area (Å²) < 4.78 is 78.7. The molecule has 0 radical (unpaired) electrons. The third kappa shape index (κ3) is 6.90. The molecule has 0 spiro atoms. The fourth-order valence-corrected chi connectivity index (χ4v) is 8.80. The Labute approximate surface area is 215 Å². The lowest BCUT2D eigenvalue weighted by Crippen LogP contribution is -2.28. The molecule has 1 unspecified atom stereocenters. The van der Waals surface area contributed by atoms with Gasteiger partial charge in [-0.2, -0.15) is 9.98 Å². The minimum absolute atomic E-state index is 0. The monoisotopic (exact) mass is 596 g/mol. The van der Waals surface area contributed by atoms with E-state index in [2.05, 4.69) is 0 Å². The summed E-state index contributed by atoms with van der Waals surface area (Å²) in [4.78, 5) is 18.3. The molecule has 11 N–H and O–H groups in total. The van der Waals surface area contributed by atoms with Crippen molar-refractivity contribution in [1.82, 2.24) is 17.0 Å². The number of nitriles is 1.